The Morgan fingerprint density at radius 3 is 2.71 bits per heavy atom. The summed E-state index contributed by atoms with van der Waals surface area (Å²) >= 11 is 6.30. The molecule has 0 aliphatic carbocycles. The summed E-state index contributed by atoms with van der Waals surface area (Å²) in [5.41, 5.74) is 1.59. The summed E-state index contributed by atoms with van der Waals surface area (Å²) in [5.74, 6) is 0.918. The summed E-state index contributed by atoms with van der Waals surface area (Å²) in [4.78, 5) is 2.38. The van der Waals surface area contributed by atoms with Crippen LogP contribution in [0.4, 0.5) is 0 Å². The molecule has 2 nitrogen and oxygen atoms in total. The Bertz CT molecular complexity index is 339. The van der Waals surface area contributed by atoms with Crippen LogP contribution in [0.2, 0.25) is 0 Å². The zero-order valence-electron chi connectivity index (χ0n) is 10.4. The number of piperidine rings is 1. The second-order valence-corrected chi connectivity index (χ2v) is 5.07. The minimum atomic E-state index is 0.238. The fraction of sp³-hybridized carbons (Fsp3) is 0.571. The predicted molar refractivity (Wildman–Crippen MR) is 71.8 cm³/mol. The van der Waals surface area contributed by atoms with Crippen molar-refractivity contribution in [3.8, 4) is 5.75 Å². The highest BCUT2D eigenvalue weighted by molar-refractivity contribution is 6.20. The third kappa shape index (κ3) is 3.62. The van der Waals surface area contributed by atoms with Crippen molar-refractivity contribution in [2.75, 3.05) is 20.2 Å². The maximum absolute atomic E-state index is 6.30. The Morgan fingerprint density at radius 1 is 1.29 bits per heavy atom. The molecule has 0 unspecified atom stereocenters. The number of hydrogen-bond acceptors (Lipinski definition) is 2. The maximum Gasteiger partial charge on any atom is 0.118 e. The Hall–Kier alpha value is -0.730. The molecule has 0 spiro atoms. The van der Waals surface area contributed by atoms with Crippen LogP contribution in [-0.2, 0) is 6.42 Å². The normalized spacial score (nSPS) is 21.4. The van der Waals surface area contributed by atoms with Crippen LogP contribution in [-0.4, -0.2) is 30.6 Å². The Balaban J connectivity index is 1.84. The van der Waals surface area contributed by atoms with Crippen molar-refractivity contribution < 1.29 is 4.74 Å². The fourth-order valence-corrected chi connectivity index (χ4v) is 2.62. The van der Waals surface area contributed by atoms with Gasteiger partial charge in [-0.2, -0.15) is 0 Å². The summed E-state index contributed by atoms with van der Waals surface area (Å²) in [5, 5.41) is 0. The molecular weight excluding hydrogens is 234 g/mol. The second-order valence-electron chi connectivity index (χ2n) is 4.56. The van der Waals surface area contributed by atoms with Gasteiger partial charge in [0.05, 0.1) is 12.6 Å². The van der Waals surface area contributed by atoms with Crippen LogP contribution in [0, 0.1) is 0 Å². The average Bonchev–Trinajstić information content (AvgIpc) is 2.38. The highest BCUT2D eigenvalue weighted by atomic mass is 35.5. The van der Waals surface area contributed by atoms with Crippen LogP contribution in [0.5, 0.6) is 5.75 Å². The topological polar surface area (TPSA) is 12.5 Å². The zero-order chi connectivity index (χ0) is 12.1. The number of methoxy groups -OCH3 is 1. The van der Waals surface area contributed by atoms with E-state index in [1.165, 1.54) is 18.4 Å². The number of benzene rings is 1. The van der Waals surface area contributed by atoms with Gasteiger partial charge in [0.15, 0.2) is 0 Å². The minimum Gasteiger partial charge on any atom is -0.497 e. The summed E-state index contributed by atoms with van der Waals surface area (Å²) in [7, 11) is 1.70. The van der Waals surface area contributed by atoms with Crippen LogP contribution in [0.15, 0.2) is 24.3 Å². The number of ether oxygens (including phenoxy) is 1. The number of nitrogens with zero attached hydrogens (tertiary/aromatic N) is 1. The predicted octanol–water partition coefficient (Wildman–Crippen LogP) is 3.29. The van der Waals surface area contributed by atoms with Crippen LogP contribution >= 0.6 is 11.6 Å². The van der Waals surface area contributed by atoms with Gasteiger partial charge in [0.25, 0.3) is 0 Å². The lowest BCUT2D eigenvalue weighted by Gasteiger charge is -2.31. The quantitative estimate of drug-likeness (QED) is 0.603. The van der Waals surface area contributed by atoms with Gasteiger partial charge in [-0.3, -0.25) is 4.90 Å². The van der Waals surface area contributed by atoms with E-state index < -0.39 is 0 Å². The Kier molecular flexibility index (Phi) is 4.69. The summed E-state index contributed by atoms with van der Waals surface area (Å²) in [6, 6.07) is 8.30. The zero-order valence-corrected chi connectivity index (χ0v) is 11.1. The van der Waals surface area contributed by atoms with Crippen LogP contribution in [0.3, 0.4) is 0 Å². The maximum atomic E-state index is 6.30. The van der Waals surface area contributed by atoms with Gasteiger partial charge < -0.3 is 4.74 Å². The molecule has 1 heterocycles. The number of rotatable bonds is 4. The first-order valence-electron chi connectivity index (χ1n) is 6.30. The van der Waals surface area contributed by atoms with Crippen molar-refractivity contribution in [2.24, 2.45) is 0 Å². The van der Waals surface area contributed by atoms with E-state index in [0.29, 0.717) is 0 Å². The number of alkyl halides is 1. The molecule has 2 rings (SSSR count). The van der Waals surface area contributed by atoms with E-state index in [4.69, 9.17) is 16.3 Å². The summed E-state index contributed by atoms with van der Waals surface area (Å²) < 4.78 is 5.15. The first kappa shape index (κ1) is 12.7. The molecule has 1 aliphatic rings. The lowest BCUT2D eigenvalue weighted by Crippen LogP contribution is -2.37. The van der Waals surface area contributed by atoms with E-state index in [2.05, 4.69) is 17.0 Å². The van der Waals surface area contributed by atoms with Crippen LogP contribution < -0.4 is 4.74 Å². The third-order valence-electron chi connectivity index (χ3n) is 3.38. The number of likely N-dealkylation sites (tertiary alicyclic amines) is 1. The smallest absolute Gasteiger partial charge is 0.118 e. The molecule has 17 heavy (non-hydrogen) atoms. The van der Waals surface area contributed by atoms with Gasteiger partial charge in [-0.25, -0.2) is 0 Å². The highest BCUT2D eigenvalue weighted by Crippen LogP contribution is 2.20. The first-order valence-corrected chi connectivity index (χ1v) is 6.74. The van der Waals surface area contributed by atoms with E-state index in [1.807, 2.05) is 12.1 Å². The van der Waals surface area contributed by atoms with Gasteiger partial charge in [0.1, 0.15) is 5.75 Å². The van der Waals surface area contributed by atoms with Crippen molar-refractivity contribution >= 4 is 11.6 Å². The molecule has 1 aliphatic heterocycles. The Morgan fingerprint density at radius 2 is 2.06 bits per heavy atom. The van der Waals surface area contributed by atoms with E-state index in [1.54, 1.807) is 7.11 Å². The molecule has 0 radical (unpaired) electrons. The molecule has 1 fully saturated rings. The summed E-state index contributed by atoms with van der Waals surface area (Å²) in [6.45, 7) is 2.20. The van der Waals surface area contributed by atoms with Crippen molar-refractivity contribution in [1.82, 2.24) is 4.90 Å². The molecule has 1 aromatic rings. The van der Waals surface area contributed by atoms with Gasteiger partial charge >= 0.3 is 0 Å². The van der Waals surface area contributed by atoms with Crippen molar-refractivity contribution in [1.29, 1.82) is 0 Å². The molecule has 0 aromatic heterocycles. The van der Waals surface area contributed by atoms with Gasteiger partial charge in [0.2, 0.25) is 0 Å². The molecule has 1 saturated heterocycles. The monoisotopic (exact) mass is 253 g/mol. The van der Waals surface area contributed by atoms with E-state index >= 15 is 0 Å². The molecule has 1 aromatic carbocycles. The fourth-order valence-electron chi connectivity index (χ4n) is 2.27. The van der Waals surface area contributed by atoms with Crippen LogP contribution in [0.1, 0.15) is 24.8 Å². The van der Waals surface area contributed by atoms with Gasteiger partial charge in [0, 0.05) is 6.54 Å². The first-order chi connectivity index (χ1) is 8.29. The van der Waals surface area contributed by atoms with E-state index in [-0.39, 0.29) is 5.50 Å². The molecule has 1 atom stereocenters. The standard InChI is InChI=1S/C14H20ClNO/c1-17-13-7-5-12(6-8-13)9-11-16-10-3-2-4-14(16)15/h5-8,14H,2-4,9-11H2,1H3/t14-/m0/s1. The number of halogens is 1. The minimum absolute atomic E-state index is 0.238. The summed E-state index contributed by atoms with van der Waals surface area (Å²) in [6.07, 6.45) is 4.75. The lowest BCUT2D eigenvalue weighted by molar-refractivity contribution is 0.204. The highest BCUT2D eigenvalue weighted by Gasteiger charge is 2.19. The molecule has 0 saturated carbocycles. The average molecular weight is 254 g/mol. The SMILES string of the molecule is COc1ccc(CCN2CCCC[C@H]2Cl)cc1. The van der Waals surface area contributed by atoms with Crippen molar-refractivity contribution in [2.45, 2.75) is 31.2 Å². The van der Waals surface area contributed by atoms with Gasteiger partial charge in [-0.15, -0.1) is 11.6 Å². The second kappa shape index (κ2) is 6.27. The molecule has 94 valence electrons. The van der Waals surface area contributed by atoms with E-state index in [0.717, 1.165) is 31.7 Å². The molecule has 3 heteroatoms. The largest absolute Gasteiger partial charge is 0.497 e. The molecular formula is C14H20ClNO. The third-order valence-corrected chi connectivity index (χ3v) is 3.87. The van der Waals surface area contributed by atoms with Gasteiger partial charge in [-0.1, -0.05) is 12.1 Å². The molecule has 0 amide bonds. The molecule has 0 N–H and O–H groups in total. The van der Waals surface area contributed by atoms with E-state index in [9.17, 15) is 0 Å². The Labute approximate surface area is 109 Å². The molecule has 0 bridgehead atoms. The van der Waals surface area contributed by atoms with Crippen molar-refractivity contribution in [3.63, 3.8) is 0 Å². The van der Waals surface area contributed by atoms with Crippen LogP contribution in [0.25, 0.3) is 0 Å². The lowest BCUT2D eigenvalue weighted by atomic mass is 10.1. The van der Waals surface area contributed by atoms with Crippen molar-refractivity contribution in [3.05, 3.63) is 29.8 Å². The number of hydrogen-bond donors (Lipinski definition) is 0. The van der Waals surface area contributed by atoms with Gasteiger partial charge in [-0.05, 0) is 49.9 Å².